The van der Waals surface area contributed by atoms with E-state index in [2.05, 4.69) is 19.9 Å². The highest BCUT2D eigenvalue weighted by Gasteiger charge is 2.09. The van der Waals surface area contributed by atoms with Crippen LogP contribution in [-0.4, -0.2) is 19.9 Å². The van der Waals surface area contributed by atoms with Gasteiger partial charge in [-0.1, -0.05) is 6.07 Å². The summed E-state index contributed by atoms with van der Waals surface area (Å²) in [6.45, 7) is 0. The molecule has 0 saturated carbocycles. The van der Waals surface area contributed by atoms with Crippen LogP contribution in [0.1, 0.15) is 0 Å². The Bertz CT molecular complexity index is 732. The van der Waals surface area contributed by atoms with Crippen molar-refractivity contribution in [1.82, 2.24) is 19.9 Å². The molecule has 0 N–H and O–H groups in total. The number of hydrogen-bond donors (Lipinski definition) is 0. The van der Waals surface area contributed by atoms with E-state index >= 15 is 0 Å². The van der Waals surface area contributed by atoms with Crippen LogP contribution >= 0.6 is 11.6 Å². The Hall–Kier alpha value is -2.14. The zero-order valence-electron chi connectivity index (χ0n) is 9.01. The van der Waals surface area contributed by atoms with Gasteiger partial charge in [-0.3, -0.25) is 9.97 Å². The van der Waals surface area contributed by atoms with Crippen LogP contribution in [-0.2, 0) is 0 Å². The molecule has 0 fully saturated rings. The van der Waals surface area contributed by atoms with Crippen LogP contribution in [0, 0.1) is 5.82 Å². The molecule has 1 aromatic carbocycles. The third-order valence-electron chi connectivity index (χ3n) is 2.46. The summed E-state index contributed by atoms with van der Waals surface area (Å²) in [7, 11) is 0. The monoisotopic (exact) mass is 260 g/mol. The normalized spacial score (nSPS) is 10.8. The molecule has 0 amide bonds. The highest BCUT2D eigenvalue weighted by atomic mass is 35.5. The van der Waals surface area contributed by atoms with Crippen molar-refractivity contribution in [1.29, 1.82) is 0 Å². The zero-order valence-corrected chi connectivity index (χ0v) is 9.76. The fourth-order valence-electron chi connectivity index (χ4n) is 1.66. The first-order valence-corrected chi connectivity index (χ1v) is 5.51. The maximum atomic E-state index is 13.6. The van der Waals surface area contributed by atoms with Crippen molar-refractivity contribution < 1.29 is 4.39 Å². The summed E-state index contributed by atoms with van der Waals surface area (Å²) in [5.41, 5.74) is 2.15. The average molecular weight is 261 g/mol. The molecule has 0 radical (unpaired) electrons. The van der Waals surface area contributed by atoms with E-state index in [1.165, 1.54) is 0 Å². The first kappa shape index (κ1) is 11.0. The van der Waals surface area contributed by atoms with Gasteiger partial charge in [0.25, 0.3) is 0 Å². The fraction of sp³-hybridized carbons (Fsp3) is 0. The van der Waals surface area contributed by atoms with E-state index in [0.717, 1.165) is 11.7 Å². The second-order valence-electron chi connectivity index (χ2n) is 3.60. The molecule has 0 aliphatic rings. The second-order valence-corrected chi connectivity index (χ2v) is 3.93. The van der Waals surface area contributed by atoms with Gasteiger partial charge >= 0.3 is 0 Å². The Morgan fingerprint density at radius 3 is 2.61 bits per heavy atom. The van der Waals surface area contributed by atoms with Crippen LogP contribution in [0.15, 0.2) is 36.8 Å². The van der Waals surface area contributed by atoms with E-state index in [4.69, 9.17) is 11.6 Å². The van der Waals surface area contributed by atoms with E-state index in [1.54, 1.807) is 30.6 Å². The van der Waals surface area contributed by atoms with Gasteiger partial charge in [0, 0.05) is 18.0 Å². The Morgan fingerprint density at radius 1 is 1.00 bits per heavy atom. The lowest BCUT2D eigenvalue weighted by Gasteiger charge is -2.03. The predicted octanol–water partition coefficient (Wildman–Crippen LogP) is 2.88. The molecule has 6 heteroatoms. The summed E-state index contributed by atoms with van der Waals surface area (Å²) >= 11 is 5.67. The first-order chi connectivity index (χ1) is 8.74. The quantitative estimate of drug-likeness (QED) is 0.631. The maximum Gasteiger partial charge on any atom is 0.223 e. The van der Waals surface area contributed by atoms with Crippen LogP contribution in [0.2, 0.25) is 5.28 Å². The number of benzene rings is 1. The van der Waals surface area contributed by atoms with Crippen molar-refractivity contribution in [3.63, 3.8) is 0 Å². The van der Waals surface area contributed by atoms with Crippen LogP contribution in [0.5, 0.6) is 0 Å². The molecule has 0 aliphatic heterocycles. The van der Waals surface area contributed by atoms with E-state index in [1.807, 2.05) is 0 Å². The van der Waals surface area contributed by atoms with Crippen LogP contribution in [0.4, 0.5) is 4.39 Å². The number of aromatic nitrogens is 4. The Morgan fingerprint density at radius 2 is 1.78 bits per heavy atom. The Kier molecular flexibility index (Phi) is 2.60. The minimum atomic E-state index is -0.525. The maximum absolute atomic E-state index is 13.6. The summed E-state index contributed by atoms with van der Waals surface area (Å²) in [6, 6.07) is 5.19. The molecule has 18 heavy (non-hydrogen) atoms. The molecule has 88 valence electrons. The van der Waals surface area contributed by atoms with Crippen LogP contribution in [0.25, 0.3) is 22.3 Å². The van der Waals surface area contributed by atoms with Gasteiger partial charge in [-0.2, -0.15) is 0 Å². The van der Waals surface area contributed by atoms with Gasteiger partial charge in [0.05, 0.1) is 17.2 Å². The largest absolute Gasteiger partial charge is 0.253 e. The molecule has 0 unspecified atom stereocenters. The molecule has 0 spiro atoms. The number of fused-ring (bicyclic) bond motifs is 1. The van der Waals surface area contributed by atoms with E-state index in [9.17, 15) is 4.39 Å². The van der Waals surface area contributed by atoms with Crippen molar-refractivity contribution in [3.05, 3.63) is 47.9 Å². The van der Waals surface area contributed by atoms with Gasteiger partial charge in [-0.15, -0.1) is 0 Å². The highest BCUT2D eigenvalue weighted by Crippen LogP contribution is 2.23. The number of hydrogen-bond acceptors (Lipinski definition) is 4. The molecular formula is C12H6ClFN4. The lowest BCUT2D eigenvalue weighted by molar-refractivity contribution is 0.618. The Labute approximate surface area is 107 Å². The molecule has 0 aliphatic carbocycles. The van der Waals surface area contributed by atoms with Crippen molar-refractivity contribution in [2.24, 2.45) is 0 Å². The smallest absolute Gasteiger partial charge is 0.223 e. The van der Waals surface area contributed by atoms with Gasteiger partial charge in [0.2, 0.25) is 5.28 Å². The Balaban J connectivity index is 2.22. The number of rotatable bonds is 1. The first-order valence-electron chi connectivity index (χ1n) is 5.13. The topological polar surface area (TPSA) is 51.6 Å². The van der Waals surface area contributed by atoms with Gasteiger partial charge in [0.1, 0.15) is 5.69 Å². The van der Waals surface area contributed by atoms with Crippen molar-refractivity contribution in [3.8, 4) is 11.3 Å². The molecular weight excluding hydrogens is 255 g/mol. The highest BCUT2D eigenvalue weighted by molar-refractivity contribution is 6.28. The van der Waals surface area contributed by atoms with Crippen LogP contribution < -0.4 is 0 Å². The predicted molar refractivity (Wildman–Crippen MR) is 65.5 cm³/mol. The molecule has 2 aromatic heterocycles. The third kappa shape index (κ3) is 1.89. The SMILES string of the molecule is Fc1cnc(Cl)nc1-c1ccc2nccnc2c1. The van der Waals surface area contributed by atoms with E-state index in [0.29, 0.717) is 11.1 Å². The van der Waals surface area contributed by atoms with Crippen LogP contribution in [0.3, 0.4) is 0 Å². The van der Waals surface area contributed by atoms with Crippen molar-refractivity contribution in [2.75, 3.05) is 0 Å². The van der Waals surface area contributed by atoms with Crippen molar-refractivity contribution in [2.45, 2.75) is 0 Å². The standard InChI is InChI=1S/C12H6ClFN4/c13-12-17-6-8(14)11(18-12)7-1-2-9-10(5-7)16-4-3-15-9/h1-6H. The number of nitrogens with zero attached hydrogens (tertiary/aromatic N) is 4. The summed E-state index contributed by atoms with van der Waals surface area (Å²) in [5.74, 6) is -0.525. The lowest BCUT2D eigenvalue weighted by atomic mass is 10.1. The molecule has 0 bridgehead atoms. The minimum Gasteiger partial charge on any atom is -0.253 e. The summed E-state index contributed by atoms with van der Waals surface area (Å²) in [4.78, 5) is 15.8. The van der Waals surface area contributed by atoms with E-state index in [-0.39, 0.29) is 11.0 Å². The number of halogens is 2. The lowest BCUT2D eigenvalue weighted by Crippen LogP contribution is -1.93. The van der Waals surface area contributed by atoms with Crippen molar-refractivity contribution >= 4 is 22.6 Å². The third-order valence-corrected chi connectivity index (χ3v) is 2.64. The second kappa shape index (κ2) is 4.27. The van der Waals surface area contributed by atoms with Gasteiger partial charge in [0.15, 0.2) is 5.82 Å². The average Bonchev–Trinajstić information content (AvgIpc) is 2.41. The molecule has 3 rings (SSSR count). The molecule has 4 nitrogen and oxygen atoms in total. The molecule has 2 heterocycles. The minimum absolute atomic E-state index is 0.00522. The molecule has 0 saturated heterocycles. The van der Waals surface area contributed by atoms with E-state index < -0.39 is 5.82 Å². The fourth-order valence-corrected chi connectivity index (χ4v) is 1.79. The zero-order chi connectivity index (χ0) is 12.5. The molecule has 3 aromatic rings. The molecule has 0 atom stereocenters. The summed E-state index contributed by atoms with van der Waals surface area (Å²) in [5, 5.41) is 0.00522. The van der Waals surface area contributed by atoms with Gasteiger partial charge < -0.3 is 0 Å². The summed E-state index contributed by atoms with van der Waals surface area (Å²) in [6.07, 6.45) is 4.23. The van der Waals surface area contributed by atoms with Gasteiger partial charge in [-0.05, 0) is 23.7 Å². The summed E-state index contributed by atoms with van der Waals surface area (Å²) < 4.78 is 13.6. The van der Waals surface area contributed by atoms with Gasteiger partial charge in [-0.25, -0.2) is 14.4 Å².